The van der Waals surface area contributed by atoms with Gasteiger partial charge >= 0.3 is 6.03 Å². The minimum absolute atomic E-state index is 0.0542. The van der Waals surface area contributed by atoms with Crippen molar-refractivity contribution in [2.75, 3.05) is 46.3 Å². The van der Waals surface area contributed by atoms with Crippen LogP contribution in [0.1, 0.15) is 25.0 Å². The summed E-state index contributed by atoms with van der Waals surface area (Å²) in [5.74, 6) is 1.94. The van der Waals surface area contributed by atoms with Gasteiger partial charge in [0.2, 0.25) is 5.91 Å². The molecule has 0 aliphatic rings. The van der Waals surface area contributed by atoms with E-state index in [1.165, 1.54) is 0 Å². The molecule has 1 heterocycles. The van der Waals surface area contributed by atoms with Crippen LogP contribution in [-0.4, -0.2) is 67.7 Å². The summed E-state index contributed by atoms with van der Waals surface area (Å²) in [5.41, 5.74) is 3.72. The SMILES string of the molecule is COc1ccc(NC(=O)N(CC(=O)N(CCc2c[nH]c3ccccc23)Cc2ccc(OC)c(OC)c2)CC(C)C)cc1. The molecular formula is C33H40N4O5. The molecule has 4 rings (SSSR count). The lowest BCUT2D eigenvalue weighted by Crippen LogP contribution is -2.46. The topological polar surface area (TPSA) is 96.1 Å². The van der Waals surface area contributed by atoms with E-state index in [-0.39, 0.29) is 24.4 Å². The lowest BCUT2D eigenvalue weighted by atomic mass is 10.1. The van der Waals surface area contributed by atoms with Crippen LogP contribution in [-0.2, 0) is 17.8 Å². The first-order chi connectivity index (χ1) is 20.3. The van der Waals surface area contributed by atoms with E-state index < -0.39 is 0 Å². The van der Waals surface area contributed by atoms with Crippen molar-refractivity contribution in [3.05, 3.63) is 84.1 Å². The van der Waals surface area contributed by atoms with Gasteiger partial charge in [-0.25, -0.2) is 4.79 Å². The molecule has 9 nitrogen and oxygen atoms in total. The summed E-state index contributed by atoms with van der Waals surface area (Å²) in [6.07, 6.45) is 2.66. The maximum Gasteiger partial charge on any atom is 0.322 e. The Bertz CT molecular complexity index is 1480. The first kappa shape index (κ1) is 30.3. The second-order valence-corrected chi connectivity index (χ2v) is 10.5. The number of hydrogen-bond donors (Lipinski definition) is 2. The predicted octanol–water partition coefficient (Wildman–Crippen LogP) is 5.96. The fourth-order valence-corrected chi connectivity index (χ4v) is 4.89. The molecule has 0 saturated heterocycles. The normalized spacial score (nSPS) is 10.9. The van der Waals surface area contributed by atoms with Crippen LogP contribution >= 0.6 is 0 Å². The molecule has 9 heteroatoms. The lowest BCUT2D eigenvalue weighted by molar-refractivity contribution is -0.132. The third-order valence-corrected chi connectivity index (χ3v) is 7.04. The molecule has 0 unspecified atom stereocenters. The first-order valence-corrected chi connectivity index (χ1v) is 14.0. The van der Waals surface area contributed by atoms with E-state index in [1.54, 1.807) is 55.4 Å². The molecule has 0 radical (unpaired) electrons. The predicted molar refractivity (Wildman–Crippen MR) is 165 cm³/mol. The average Bonchev–Trinajstić information content (AvgIpc) is 3.41. The highest BCUT2D eigenvalue weighted by Gasteiger charge is 2.23. The first-order valence-electron chi connectivity index (χ1n) is 14.0. The highest BCUT2D eigenvalue weighted by molar-refractivity contribution is 5.92. The number of urea groups is 1. The number of carbonyl (C=O) groups is 2. The number of para-hydroxylation sites is 1. The molecule has 2 N–H and O–H groups in total. The molecule has 0 aliphatic carbocycles. The van der Waals surface area contributed by atoms with Gasteiger partial charge in [0, 0.05) is 42.4 Å². The highest BCUT2D eigenvalue weighted by atomic mass is 16.5. The largest absolute Gasteiger partial charge is 0.497 e. The molecule has 0 aliphatic heterocycles. The Morgan fingerprint density at radius 3 is 2.31 bits per heavy atom. The van der Waals surface area contributed by atoms with Gasteiger partial charge in [-0.1, -0.05) is 38.1 Å². The summed E-state index contributed by atoms with van der Waals surface area (Å²) in [6.45, 7) is 5.26. The Labute approximate surface area is 247 Å². The number of aromatic amines is 1. The van der Waals surface area contributed by atoms with Crippen molar-refractivity contribution in [2.45, 2.75) is 26.8 Å². The van der Waals surface area contributed by atoms with E-state index in [9.17, 15) is 9.59 Å². The van der Waals surface area contributed by atoms with Crippen molar-refractivity contribution >= 4 is 28.5 Å². The lowest BCUT2D eigenvalue weighted by Gasteiger charge is -2.29. The van der Waals surface area contributed by atoms with Crippen LogP contribution in [0, 0.1) is 5.92 Å². The molecule has 3 amide bonds. The van der Waals surface area contributed by atoms with Gasteiger partial charge in [0.25, 0.3) is 0 Å². The minimum Gasteiger partial charge on any atom is -0.497 e. The van der Waals surface area contributed by atoms with Crippen molar-refractivity contribution in [1.29, 1.82) is 0 Å². The summed E-state index contributed by atoms with van der Waals surface area (Å²) in [6, 6.07) is 20.6. The quantitative estimate of drug-likeness (QED) is 0.206. The fraction of sp³-hybridized carbons (Fsp3) is 0.333. The van der Waals surface area contributed by atoms with Crippen LogP contribution in [0.25, 0.3) is 10.9 Å². The molecule has 0 fully saturated rings. The zero-order valence-electron chi connectivity index (χ0n) is 25.0. The summed E-state index contributed by atoms with van der Waals surface area (Å²) < 4.78 is 16.1. The molecular weight excluding hydrogens is 532 g/mol. The van der Waals surface area contributed by atoms with Gasteiger partial charge < -0.3 is 34.3 Å². The Morgan fingerprint density at radius 2 is 1.62 bits per heavy atom. The number of H-pyrrole nitrogens is 1. The van der Waals surface area contributed by atoms with E-state index in [1.807, 2.05) is 56.4 Å². The molecule has 0 bridgehead atoms. The molecule has 222 valence electrons. The van der Waals surface area contributed by atoms with Crippen LogP contribution in [0.15, 0.2) is 72.9 Å². The van der Waals surface area contributed by atoms with Crippen molar-refractivity contribution in [2.24, 2.45) is 5.92 Å². The molecule has 42 heavy (non-hydrogen) atoms. The van der Waals surface area contributed by atoms with Crippen LogP contribution < -0.4 is 19.5 Å². The highest BCUT2D eigenvalue weighted by Crippen LogP contribution is 2.28. The monoisotopic (exact) mass is 572 g/mol. The standard InChI is InChI=1S/C33H40N4O5/c1-23(2)20-37(33(39)35-26-11-13-27(40-3)14-12-26)22-32(38)36(21-24-10-15-30(41-4)31(18-24)42-5)17-16-25-19-34-29-9-7-6-8-28(25)29/h6-15,18-19,23,34H,16-17,20-22H2,1-5H3,(H,35,39). The average molecular weight is 573 g/mol. The number of aromatic nitrogens is 1. The second kappa shape index (κ2) is 14.3. The summed E-state index contributed by atoms with van der Waals surface area (Å²) in [7, 11) is 4.78. The smallest absolute Gasteiger partial charge is 0.322 e. The van der Waals surface area contributed by atoms with Gasteiger partial charge in [0.1, 0.15) is 12.3 Å². The number of benzene rings is 3. The fourth-order valence-electron chi connectivity index (χ4n) is 4.89. The number of anilines is 1. The second-order valence-electron chi connectivity index (χ2n) is 10.5. The van der Waals surface area contributed by atoms with Crippen molar-refractivity contribution in [3.63, 3.8) is 0 Å². The van der Waals surface area contributed by atoms with E-state index >= 15 is 0 Å². The number of fused-ring (bicyclic) bond motifs is 1. The van der Waals surface area contributed by atoms with Crippen molar-refractivity contribution < 1.29 is 23.8 Å². The third kappa shape index (κ3) is 7.75. The zero-order valence-corrected chi connectivity index (χ0v) is 25.0. The van der Waals surface area contributed by atoms with Gasteiger partial charge in [-0.15, -0.1) is 0 Å². The van der Waals surface area contributed by atoms with Crippen LogP contribution in [0.5, 0.6) is 17.2 Å². The third-order valence-electron chi connectivity index (χ3n) is 7.04. The molecule has 0 saturated carbocycles. The maximum absolute atomic E-state index is 13.9. The van der Waals surface area contributed by atoms with Crippen LogP contribution in [0.3, 0.4) is 0 Å². The van der Waals surface area contributed by atoms with Gasteiger partial charge in [0.15, 0.2) is 11.5 Å². The van der Waals surface area contributed by atoms with E-state index in [4.69, 9.17) is 14.2 Å². The zero-order chi connectivity index (χ0) is 30.1. The van der Waals surface area contributed by atoms with Crippen LogP contribution in [0.4, 0.5) is 10.5 Å². The number of hydrogen-bond acceptors (Lipinski definition) is 5. The Hall–Kier alpha value is -4.66. The number of carbonyl (C=O) groups excluding carboxylic acids is 2. The molecule has 0 atom stereocenters. The Morgan fingerprint density at radius 1 is 0.881 bits per heavy atom. The number of ether oxygens (including phenoxy) is 3. The Balaban J connectivity index is 1.55. The van der Waals surface area contributed by atoms with Gasteiger partial charge in [-0.05, 0) is 65.9 Å². The number of rotatable bonds is 13. The van der Waals surface area contributed by atoms with Gasteiger partial charge in [-0.3, -0.25) is 4.79 Å². The minimum atomic E-state index is -0.329. The number of methoxy groups -OCH3 is 3. The van der Waals surface area contributed by atoms with Crippen LogP contribution in [0.2, 0.25) is 0 Å². The number of nitrogens with zero attached hydrogens (tertiary/aromatic N) is 2. The van der Waals surface area contributed by atoms with Crippen molar-refractivity contribution in [1.82, 2.24) is 14.8 Å². The summed E-state index contributed by atoms with van der Waals surface area (Å²) >= 11 is 0. The Kier molecular flexibility index (Phi) is 10.3. The molecule has 3 aromatic carbocycles. The molecule has 1 aromatic heterocycles. The van der Waals surface area contributed by atoms with Gasteiger partial charge in [-0.2, -0.15) is 0 Å². The summed E-state index contributed by atoms with van der Waals surface area (Å²) in [4.78, 5) is 33.9. The van der Waals surface area contributed by atoms with E-state index in [0.717, 1.165) is 22.0 Å². The number of amides is 3. The van der Waals surface area contributed by atoms with E-state index in [0.29, 0.717) is 49.0 Å². The summed E-state index contributed by atoms with van der Waals surface area (Å²) in [5, 5.41) is 4.06. The number of nitrogens with one attached hydrogen (secondary N) is 2. The van der Waals surface area contributed by atoms with Gasteiger partial charge in [0.05, 0.1) is 21.3 Å². The van der Waals surface area contributed by atoms with Crippen molar-refractivity contribution in [3.8, 4) is 17.2 Å². The molecule has 0 spiro atoms. The molecule has 4 aromatic rings. The maximum atomic E-state index is 13.9. The van der Waals surface area contributed by atoms with E-state index in [2.05, 4.69) is 16.4 Å².